The van der Waals surface area contributed by atoms with Crippen molar-refractivity contribution in [1.82, 2.24) is 0 Å². The van der Waals surface area contributed by atoms with Gasteiger partial charge in [0.25, 0.3) is 10.1 Å². The SMILES string of the molecule is CC[N+]1=C(C)c2cccc3c(S(=O)(=O)OC(c4ccc(C)cc4)C(F)(F)F)ccc1c23. The lowest BCUT2D eigenvalue weighted by molar-refractivity contribution is -0.432. The zero-order chi connectivity index (χ0) is 22.6. The molecule has 1 aliphatic rings. The highest BCUT2D eigenvalue weighted by Crippen LogP contribution is 2.42. The molecule has 0 amide bonds. The fourth-order valence-electron chi connectivity index (χ4n) is 4.06. The monoisotopic (exact) mass is 448 g/mol. The van der Waals surface area contributed by atoms with Crippen molar-refractivity contribution in [3.63, 3.8) is 0 Å². The summed E-state index contributed by atoms with van der Waals surface area (Å²) in [5.74, 6) is 0. The zero-order valence-corrected chi connectivity index (χ0v) is 18.0. The third-order valence-electron chi connectivity index (χ3n) is 5.55. The van der Waals surface area contributed by atoms with E-state index in [-0.39, 0.29) is 10.5 Å². The van der Waals surface area contributed by atoms with Gasteiger partial charge in [-0.05, 0) is 31.5 Å². The summed E-state index contributed by atoms with van der Waals surface area (Å²) in [6.45, 7) is 6.32. The average molecular weight is 448 g/mol. The van der Waals surface area contributed by atoms with Gasteiger partial charge in [0, 0.05) is 18.4 Å². The van der Waals surface area contributed by atoms with Crippen LogP contribution in [0.15, 0.2) is 59.5 Å². The van der Waals surface area contributed by atoms with Crippen molar-refractivity contribution in [3.05, 3.63) is 71.3 Å². The van der Waals surface area contributed by atoms with Gasteiger partial charge in [-0.1, -0.05) is 42.0 Å². The Labute approximate surface area is 178 Å². The molecule has 8 heteroatoms. The van der Waals surface area contributed by atoms with E-state index >= 15 is 0 Å². The Morgan fingerprint density at radius 2 is 1.68 bits per heavy atom. The molecule has 0 saturated carbocycles. The highest BCUT2D eigenvalue weighted by atomic mass is 32.2. The lowest BCUT2D eigenvalue weighted by Crippen LogP contribution is -2.26. The predicted octanol–water partition coefficient (Wildman–Crippen LogP) is 5.64. The second kappa shape index (κ2) is 7.46. The van der Waals surface area contributed by atoms with Crippen LogP contribution in [0.4, 0.5) is 18.9 Å². The quantitative estimate of drug-likeness (QED) is 0.375. The number of nitrogens with zero attached hydrogens (tertiary/aromatic N) is 1. The predicted molar refractivity (Wildman–Crippen MR) is 112 cm³/mol. The maximum atomic E-state index is 13.8. The largest absolute Gasteiger partial charge is 0.420 e. The third kappa shape index (κ3) is 3.64. The van der Waals surface area contributed by atoms with E-state index in [1.54, 1.807) is 25.1 Å². The van der Waals surface area contributed by atoms with Crippen LogP contribution in [0.2, 0.25) is 0 Å². The first-order valence-electron chi connectivity index (χ1n) is 9.78. The van der Waals surface area contributed by atoms with Gasteiger partial charge in [-0.25, -0.2) is 4.18 Å². The lowest BCUT2D eigenvalue weighted by atomic mass is 10.0. The van der Waals surface area contributed by atoms with Crippen molar-refractivity contribution in [2.24, 2.45) is 0 Å². The molecule has 1 atom stereocenters. The number of benzene rings is 3. The Morgan fingerprint density at radius 3 is 2.29 bits per heavy atom. The molecule has 0 bridgehead atoms. The summed E-state index contributed by atoms with van der Waals surface area (Å²) < 4.78 is 74.3. The van der Waals surface area contributed by atoms with Crippen LogP contribution < -0.4 is 0 Å². The number of halogens is 3. The molecular formula is C23H21F3NO3S+. The average Bonchev–Trinajstić information content (AvgIpc) is 2.99. The summed E-state index contributed by atoms with van der Waals surface area (Å²) in [6, 6.07) is 13.5. The van der Waals surface area contributed by atoms with Crippen molar-refractivity contribution in [2.45, 2.75) is 37.9 Å². The van der Waals surface area contributed by atoms with Gasteiger partial charge in [0.2, 0.25) is 5.69 Å². The van der Waals surface area contributed by atoms with E-state index in [0.717, 1.165) is 22.5 Å². The number of aryl methyl sites for hydroxylation is 1. The maximum Gasteiger partial charge on any atom is 0.420 e. The van der Waals surface area contributed by atoms with E-state index in [4.69, 9.17) is 4.18 Å². The topological polar surface area (TPSA) is 46.4 Å². The van der Waals surface area contributed by atoms with E-state index in [1.165, 1.54) is 30.3 Å². The van der Waals surface area contributed by atoms with Gasteiger partial charge >= 0.3 is 6.18 Å². The number of hydrogen-bond donors (Lipinski definition) is 0. The highest BCUT2D eigenvalue weighted by molar-refractivity contribution is 7.87. The van der Waals surface area contributed by atoms with Crippen LogP contribution in [0, 0.1) is 6.92 Å². The van der Waals surface area contributed by atoms with Crippen LogP contribution in [0.5, 0.6) is 0 Å². The van der Waals surface area contributed by atoms with Crippen molar-refractivity contribution in [3.8, 4) is 0 Å². The summed E-state index contributed by atoms with van der Waals surface area (Å²) in [4.78, 5) is -0.278. The van der Waals surface area contributed by atoms with Gasteiger partial charge in [0.15, 0.2) is 11.8 Å². The minimum absolute atomic E-state index is 0.269. The van der Waals surface area contributed by atoms with Gasteiger partial charge in [0.1, 0.15) is 11.4 Å². The summed E-state index contributed by atoms with van der Waals surface area (Å²) in [7, 11) is -4.72. The standard InChI is InChI=1S/C23H21F3NO3S/c1-4-27-15(3)17-6-5-7-18-20(13-12-19(27)21(17)18)31(28,29)30-22(23(24,25)26)16-10-8-14(2)9-11-16/h5-13,22H,4H2,1-3H3/q+1. The van der Waals surface area contributed by atoms with Crippen molar-refractivity contribution in [2.75, 3.05) is 6.54 Å². The van der Waals surface area contributed by atoms with Crippen LogP contribution in [0.3, 0.4) is 0 Å². The molecule has 0 aliphatic carbocycles. The van der Waals surface area contributed by atoms with E-state index in [1.807, 2.05) is 24.5 Å². The number of alkyl halides is 3. The molecule has 162 valence electrons. The molecule has 3 aromatic carbocycles. The van der Waals surface area contributed by atoms with Gasteiger partial charge < -0.3 is 0 Å². The number of hydrogen-bond acceptors (Lipinski definition) is 3. The van der Waals surface area contributed by atoms with Crippen LogP contribution in [0.1, 0.15) is 36.6 Å². The molecule has 0 aromatic heterocycles. The molecule has 1 heterocycles. The minimum atomic E-state index is -4.90. The molecule has 4 nitrogen and oxygen atoms in total. The molecular weight excluding hydrogens is 427 g/mol. The Kier molecular flexibility index (Phi) is 5.18. The van der Waals surface area contributed by atoms with E-state index in [0.29, 0.717) is 17.3 Å². The molecule has 0 N–H and O–H groups in total. The van der Waals surface area contributed by atoms with Crippen molar-refractivity contribution in [1.29, 1.82) is 0 Å². The molecule has 4 rings (SSSR count). The molecule has 31 heavy (non-hydrogen) atoms. The van der Waals surface area contributed by atoms with Gasteiger partial charge in [0.05, 0.1) is 10.9 Å². The van der Waals surface area contributed by atoms with Crippen LogP contribution in [-0.4, -0.2) is 31.4 Å². The third-order valence-corrected chi connectivity index (χ3v) is 6.89. The van der Waals surface area contributed by atoms with E-state index in [9.17, 15) is 21.6 Å². The smallest absolute Gasteiger partial charge is 0.248 e. The van der Waals surface area contributed by atoms with Crippen LogP contribution in [0.25, 0.3) is 10.8 Å². The highest BCUT2D eigenvalue weighted by Gasteiger charge is 2.45. The zero-order valence-electron chi connectivity index (χ0n) is 17.2. The molecule has 0 spiro atoms. The van der Waals surface area contributed by atoms with E-state index in [2.05, 4.69) is 0 Å². The molecule has 0 saturated heterocycles. The summed E-state index contributed by atoms with van der Waals surface area (Å²) in [6.07, 6.45) is -7.50. The van der Waals surface area contributed by atoms with Gasteiger partial charge in [-0.15, -0.1) is 0 Å². The van der Waals surface area contributed by atoms with E-state index < -0.39 is 22.4 Å². The lowest BCUT2D eigenvalue weighted by Gasteiger charge is -2.21. The minimum Gasteiger partial charge on any atom is -0.248 e. The Bertz CT molecular complexity index is 1310. The first kappa shape index (κ1) is 21.5. The molecule has 3 aromatic rings. The fourth-order valence-corrected chi connectivity index (χ4v) is 5.31. The molecule has 0 radical (unpaired) electrons. The van der Waals surface area contributed by atoms with Crippen molar-refractivity contribution < 1.29 is 30.3 Å². The van der Waals surface area contributed by atoms with Crippen LogP contribution >= 0.6 is 0 Å². The molecule has 0 fully saturated rings. The first-order valence-corrected chi connectivity index (χ1v) is 11.2. The number of rotatable bonds is 5. The summed E-state index contributed by atoms with van der Waals surface area (Å²) >= 11 is 0. The second-order valence-electron chi connectivity index (χ2n) is 7.52. The van der Waals surface area contributed by atoms with Crippen molar-refractivity contribution >= 4 is 32.3 Å². The van der Waals surface area contributed by atoms with Gasteiger partial charge in [-0.3, -0.25) is 0 Å². The fraction of sp³-hybridized carbons (Fsp3) is 0.261. The Morgan fingerprint density at radius 1 is 1.00 bits per heavy atom. The molecule has 1 unspecified atom stereocenters. The Balaban J connectivity index is 1.83. The van der Waals surface area contributed by atoms with Crippen LogP contribution in [-0.2, 0) is 14.3 Å². The maximum absolute atomic E-state index is 13.8. The normalized spacial score (nSPS) is 15.0. The Hall–Kier alpha value is -2.71. The summed E-state index contributed by atoms with van der Waals surface area (Å²) in [5.41, 5.74) is 3.14. The second-order valence-corrected chi connectivity index (χ2v) is 9.06. The summed E-state index contributed by atoms with van der Waals surface area (Å²) in [5, 5.41) is 1.04. The first-order chi connectivity index (χ1) is 14.5. The van der Waals surface area contributed by atoms with Gasteiger partial charge in [-0.2, -0.15) is 26.2 Å². The molecule has 1 aliphatic heterocycles.